The lowest BCUT2D eigenvalue weighted by Crippen LogP contribution is -2.33. The van der Waals surface area contributed by atoms with Crippen molar-refractivity contribution in [1.29, 1.82) is 0 Å². The first kappa shape index (κ1) is 16.0. The first-order chi connectivity index (χ1) is 11.4. The summed E-state index contributed by atoms with van der Waals surface area (Å²) in [7, 11) is 0. The number of hydrogen-bond donors (Lipinski definition) is 2. The second-order valence-corrected chi connectivity index (χ2v) is 6.11. The van der Waals surface area contributed by atoms with Gasteiger partial charge in [-0.3, -0.25) is 0 Å². The zero-order valence-electron chi connectivity index (χ0n) is 13.8. The van der Waals surface area contributed by atoms with Crippen molar-refractivity contribution in [1.82, 2.24) is 10.6 Å². The van der Waals surface area contributed by atoms with Crippen LogP contribution < -0.4 is 15.4 Å². The maximum atomic E-state index is 5.63. The van der Waals surface area contributed by atoms with Crippen LogP contribution in [0.5, 0.6) is 5.75 Å². The standard InChI is InChI=1S/C20H26N2O/c1-2-14-23-18-10-8-16(9-11-18)15-22-19-12-13-21-20(19)17-6-4-3-5-7-17/h3-11,19-22H,2,12-15H2,1H3. The van der Waals surface area contributed by atoms with Gasteiger partial charge in [0.1, 0.15) is 5.75 Å². The van der Waals surface area contributed by atoms with Crippen molar-refractivity contribution in [3.8, 4) is 5.75 Å². The number of benzene rings is 2. The zero-order valence-corrected chi connectivity index (χ0v) is 13.8. The van der Waals surface area contributed by atoms with E-state index in [4.69, 9.17) is 4.74 Å². The van der Waals surface area contributed by atoms with Crippen LogP contribution in [-0.2, 0) is 6.54 Å². The molecule has 2 unspecified atom stereocenters. The summed E-state index contributed by atoms with van der Waals surface area (Å²) >= 11 is 0. The van der Waals surface area contributed by atoms with E-state index < -0.39 is 0 Å². The highest BCUT2D eigenvalue weighted by Gasteiger charge is 2.27. The molecule has 1 fully saturated rings. The molecule has 1 heterocycles. The molecule has 3 rings (SSSR count). The minimum Gasteiger partial charge on any atom is -0.494 e. The molecule has 2 atom stereocenters. The fourth-order valence-electron chi connectivity index (χ4n) is 3.11. The lowest BCUT2D eigenvalue weighted by Gasteiger charge is -2.21. The predicted octanol–water partition coefficient (Wildman–Crippen LogP) is 3.67. The molecule has 122 valence electrons. The number of rotatable bonds is 7. The lowest BCUT2D eigenvalue weighted by molar-refractivity contribution is 0.317. The summed E-state index contributed by atoms with van der Waals surface area (Å²) < 4.78 is 5.63. The highest BCUT2D eigenvalue weighted by atomic mass is 16.5. The molecule has 23 heavy (non-hydrogen) atoms. The Morgan fingerprint density at radius 3 is 2.61 bits per heavy atom. The Balaban J connectivity index is 1.55. The van der Waals surface area contributed by atoms with E-state index in [9.17, 15) is 0 Å². The number of nitrogens with one attached hydrogen (secondary N) is 2. The van der Waals surface area contributed by atoms with E-state index >= 15 is 0 Å². The summed E-state index contributed by atoms with van der Waals surface area (Å²) in [5.74, 6) is 0.959. The van der Waals surface area contributed by atoms with Gasteiger partial charge in [0.05, 0.1) is 6.61 Å². The minimum atomic E-state index is 0.406. The van der Waals surface area contributed by atoms with Crippen LogP contribution in [0.15, 0.2) is 54.6 Å². The van der Waals surface area contributed by atoms with E-state index in [1.807, 2.05) is 0 Å². The zero-order chi connectivity index (χ0) is 15.9. The van der Waals surface area contributed by atoms with Crippen LogP contribution in [0.4, 0.5) is 0 Å². The molecule has 1 saturated heterocycles. The van der Waals surface area contributed by atoms with E-state index in [0.29, 0.717) is 12.1 Å². The van der Waals surface area contributed by atoms with Gasteiger partial charge < -0.3 is 15.4 Å². The summed E-state index contributed by atoms with van der Waals surface area (Å²) in [5, 5.41) is 7.31. The van der Waals surface area contributed by atoms with E-state index in [1.165, 1.54) is 11.1 Å². The average molecular weight is 310 g/mol. The highest BCUT2D eigenvalue weighted by Crippen LogP contribution is 2.24. The Morgan fingerprint density at radius 1 is 1.09 bits per heavy atom. The van der Waals surface area contributed by atoms with Gasteiger partial charge in [0.2, 0.25) is 0 Å². The maximum absolute atomic E-state index is 5.63. The molecule has 0 saturated carbocycles. The Labute approximate surface area is 139 Å². The number of ether oxygens (including phenoxy) is 1. The molecule has 1 aliphatic rings. The third kappa shape index (κ3) is 4.34. The molecule has 0 spiro atoms. The van der Waals surface area contributed by atoms with Crippen LogP contribution >= 0.6 is 0 Å². The maximum Gasteiger partial charge on any atom is 0.119 e. The summed E-state index contributed by atoms with van der Waals surface area (Å²) in [5.41, 5.74) is 2.67. The molecular formula is C20H26N2O. The first-order valence-electron chi connectivity index (χ1n) is 8.60. The van der Waals surface area contributed by atoms with Crippen LogP contribution in [0.25, 0.3) is 0 Å². The fourth-order valence-corrected chi connectivity index (χ4v) is 3.11. The summed E-state index contributed by atoms with van der Waals surface area (Å²) in [6.45, 7) is 4.87. The first-order valence-corrected chi connectivity index (χ1v) is 8.60. The third-order valence-corrected chi connectivity index (χ3v) is 4.35. The fraction of sp³-hybridized carbons (Fsp3) is 0.400. The van der Waals surface area contributed by atoms with Gasteiger partial charge >= 0.3 is 0 Å². The smallest absolute Gasteiger partial charge is 0.119 e. The van der Waals surface area contributed by atoms with Crippen molar-refractivity contribution < 1.29 is 4.74 Å². The monoisotopic (exact) mass is 310 g/mol. The second-order valence-electron chi connectivity index (χ2n) is 6.11. The van der Waals surface area contributed by atoms with Crippen molar-refractivity contribution in [3.05, 3.63) is 65.7 Å². The Morgan fingerprint density at radius 2 is 1.87 bits per heavy atom. The summed E-state index contributed by atoms with van der Waals surface area (Å²) in [4.78, 5) is 0. The van der Waals surface area contributed by atoms with Gasteiger partial charge in [-0.1, -0.05) is 49.4 Å². The van der Waals surface area contributed by atoms with E-state index in [0.717, 1.165) is 38.3 Å². The molecule has 0 radical (unpaired) electrons. The molecule has 2 aromatic rings. The van der Waals surface area contributed by atoms with Crippen LogP contribution in [0.2, 0.25) is 0 Å². The van der Waals surface area contributed by atoms with Gasteiger partial charge in [-0.05, 0) is 42.6 Å². The Bertz CT molecular complexity index is 582. The molecule has 2 aromatic carbocycles. The molecule has 0 aliphatic carbocycles. The molecule has 0 aromatic heterocycles. The van der Waals surface area contributed by atoms with Crippen molar-refractivity contribution in [2.75, 3.05) is 13.2 Å². The van der Waals surface area contributed by atoms with Gasteiger partial charge in [0, 0.05) is 18.6 Å². The Hall–Kier alpha value is -1.84. The van der Waals surface area contributed by atoms with Crippen molar-refractivity contribution in [2.45, 2.75) is 38.4 Å². The quantitative estimate of drug-likeness (QED) is 0.818. The molecule has 3 heteroatoms. The van der Waals surface area contributed by atoms with Crippen LogP contribution in [0.1, 0.15) is 36.9 Å². The second kappa shape index (κ2) is 8.14. The van der Waals surface area contributed by atoms with Gasteiger partial charge in [-0.2, -0.15) is 0 Å². The van der Waals surface area contributed by atoms with Crippen LogP contribution in [0.3, 0.4) is 0 Å². The molecule has 2 N–H and O–H groups in total. The minimum absolute atomic E-state index is 0.406. The summed E-state index contributed by atoms with van der Waals surface area (Å²) in [6.07, 6.45) is 2.20. The van der Waals surface area contributed by atoms with Crippen LogP contribution in [-0.4, -0.2) is 19.2 Å². The van der Waals surface area contributed by atoms with Gasteiger partial charge in [-0.15, -0.1) is 0 Å². The topological polar surface area (TPSA) is 33.3 Å². The van der Waals surface area contributed by atoms with Crippen molar-refractivity contribution >= 4 is 0 Å². The van der Waals surface area contributed by atoms with Gasteiger partial charge in [-0.25, -0.2) is 0 Å². The average Bonchev–Trinajstić information content (AvgIpc) is 3.08. The highest BCUT2D eigenvalue weighted by molar-refractivity contribution is 5.27. The van der Waals surface area contributed by atoms with E-state index in [-0.39, 0.29) is 0 Å². The predicted molar refractivity (Wildman–Crippen MR) is 94.7 cm³/mol. The van der Waals surface area contributed by atoms with Crippen molar-refractivity contribution in [3.63, 3.8) is 0 Å². The number of hydrogen-bond acceptors (Lipinski definition) is 3. The molecule has 3 nitrogen and oxygen atoms in total. The normalized spacial score (nSPS) is 20.6. The Kier molecular flexibility index (Phi) is 5.67. The largest absolute Gasteiger partial charge is 0.494 e. The molecule has 0 bridgehead atoms. The molecular weight excluding hydrogens is 284 g/mol. The van der Waals surface area contributed by atoms with Gasteiger partial charge in [0.15, 0.2) is 0 Å². The molecule has 1 aliphatic heterocycles. The third-order valence-electron chi connectivity index (χ3n) is 4.35. The SMILES string of the molecule is CCCOc1ccc(CNC2CCNC2c2ccccc2)cc1. The summed E-state index contributed by atoms with van der Waals surface area (Å²) in [6, 6.07) is 20.0. The lowest BCUT2D eigenvalue weighted by atomic mass is 10.0. The van der Waals surface area contributed by atoms with E-state index in [2.05, 4.69) is 72.2 Å². The molecule has 0 amide bonds. The van der Waals surface area contributed by atoms with Crippen LogP contribution in [0, 0.1) is 0 Å². The van der Waals surface area contributed by atoms with Gasteiger partial charge in [0.25, 0.3) is 0 Å². The van der Waals surface area contributed by atoms with Crippen molar-refractivity contribution in [2.24, 2.45) is 0 Å². The van der Waals surface area contributed by atoms with E-state index in [1.54, 1.807) is 0 Å².